The zero-order valence-corrected chi connectivity index (χ0v) is 13.1. The molecule has 0 radical (unpaired) electrons. The molecule has 0 fully saturated rings. The Morgan fingerprint density at radius 3 is 2.43 bits per heavy atom. The van der Waals surface area contributed by atoms with Crippen molar-refractivity contribution in [3.05, 3.63) is 77.6 Å². The number of aromatic nitrogens is 2. The molecule has 4 aromatic rings. The van der Waals surface area contributed by atoms with E-state index in [1.165, 1.54) is 21.9 Å². The lowest BCUT2D eigenvalue weighted by Gasteiger charge is -2.04. The van der Waals surface area contributed by atoms with Crippen LogP contribution in [0, 0.1) is 0 Å². The van der Waals surface area contributed by atoms with Crippen molar-refractivity contribution < 1.29 is 0 Å². The lowest BCUT2D eigenvalue weighted by atomic mass is 10.0. The summed E-state index contributed by atoms with van der Waals surface area (Å²) in [6.07, 6.45) is 5.14. The molecule has 0 amide bonds. The average molecular weight is 298 g/mol. The van der Waals surface area contributed by atoms with Crippen molar-refractivity contribution in [2.45, 2.75) is 13.3 Å². The van der Waals surface area contributed by atoms with Crippen LogP contribution in [0.3, 0.4) is 0 Å². The first-order chi connectivity index (χ1) is 11.3. The number of imidazole rings is 1. The molecule has 1 N–H and O–H groups in total. The molecule has 0 atom stereocenters. The smallest absolute Gasteiger partial charge is 0.131 e. The molecule has 0 spiro atoms. The minimum Gasteiger partial charge on any atom is -0.338 e. The largest absolute Gasteiger partial charge is 0.338 e. The van der Waals surface area contributed by atoms with Crippen LogP contribution in [0.15, 0.2) is 60.7 Å². The number of aryl methyl sites for hydroxylation is 1. The van der Waals surface area contributed by atoms with Gasteiger partial charge < -0.3 is 4.98 Å². The molecule has 0 aliphatic carbocycles. The van der Waals surface area contributed by atoms with Gasteiger partial charge in [0.15, 0.2) is 0 Å². The molecule has 0 saturated heterocycles. The highest BCUT2D eigenvalue weighted by atomic mass is 14.9. The fourth-order valence-electron chi connectivity index (χ4n) is 3.05. The summed E-state index contributed by atoms with van der Waals surface area (Å²) in [5, 5.41) is 2.52. The Kier molecular flexibility index (Phi) is 3.43. The Bertz CT molecular complexity index is 994. The highest BCUT2D eigenvalue weighted by Crippen LogP contribution is 2.28. The molecular weight excluding hydrogens is 280 g/mol. The highest BCUT2D eigenvalue weighted by molar-refractivity contribution is 6.06. The van der Waals surface area contributed by atoms with Crippen LogP contribution in [-0.4, -0.2) is 9.97 Å². The molecule has 0 unspecified atom stereocenters. The summed E-state index contributed by atoms with van der Waals surface area (Å²) in [5.74, 6) is 0.891. The fraction of sp³-hybridized carbons (Fsp3) is 0.0952. The summed E-state index contributed by atoms with van der Waals surface area (Å²) in [5.41, 5.74) is 4.68. The summed E-state index contributed by atoms with van der Waals surface area (Å²) < 4.78 is 0. The summed E-state index contributed by atoms with van der Waals surface area (Å²) in [6, 6.07) is 21.0. The van der Waals surface area contributed by atoms with E-state index in [1.54, 1.807) is 0 Å². The summed E-state index contributed by atoms with van der Waals surface area (Å²) in [7, 11) is 0. The van der Waals surface area contributed by atoms with Gasteiger partial charge in [-0.3, -0.25) is 0 Å². The van der Waals surface area contributed by atoms with Gasteiger partial charge in [0.2, 0.25) is 0 Å². The van der Waals surface area contributed by atoms with Gasteiger partial charge in [-0.05, 0) is 35.1 Å². The van der Waals surface area contributed by atoms with Gasteiger partial charge in [-0.2, -0.15) is 0 Å². The topological polar surface area (TPSA) is 28.7 Å². The lowest BCUT2D eigenvalue weighted by Crippen LogP contribution is -1.85. The Labute approximate surface area is 135 Å². The predicted octanol–water partition coefficient (Wildman–Crippen LogP) is 5.45. The van der Waals surface area contributed by atoms with Crippen molar-refractivity contribution in [3.63, 3.8) is 0 Å². The van der Waals surface area contributed by atoms with Gasteiger partial charge >= 0.3 is 0 Å². The van der Waals surface area contributed by atoms with Crippen LogP contribution in [0.25, 0.3) is 34.0 Å². The molecular formula is C21H18N2. The van der Waals surface area contributed by atoms with Gasteiger partial charge in [-0.1, -0.05) is 67.6 Å². The molecule has 1 aromatic heterocycles. The standard InChI is InChI=1S/C21H18N2/c1-2-16-14-19-21(18-11-7-6-10-17(16)18)23-20(22-19)13-12-15-8-4-3-5-9-15/h3-14H,2H2,1H3,(H,22,23). The second-order valence-corrected chi connectivity index (χ2v) is 5.70. The van der Waals surface area contributed by atoms with Crippen LogP contribution in [-0.2, 0) is 6.42 Å². The zero-order chi connectivity index (χ0) is 15.6. The van der Waals surface area contributed by atoms with Gasteiger partial charge in [0, 0.05) is 5.39 Å². The molecule has 0 saturated carbocycles. The molecule has 2 nitrogen and oxygen atoms in total. The number of fused-ring (bicyclic) bond motifs is 3. The van der Waals surface area contributed by atoms with Gasteiger partial charge in [0.25, 0.3) is 0 Å². The molecule has 23 heavy (non-hydrogen) atoms. The molecule has 2 heteroatoms. The van der Waals surface area contributed by atoms with Crippen molar-refractivity contribution in [3.8, 4) is 0 Å². The van der Waals surface area contributed by atoms with Crippen molar-refractivity contribution in [2.24, 2.45) is 0 Å². The van der Waals surface area contributed by atoms with Crippen LogP contribution in [0.4, 0.5) is 0 Å². The number of rotatable bonds is 3. The highest BCUT2D eigenvalue weighted by Gasteiger charge is 2.08. The minimum absolute atomic E-state index is 0.891. The SMILES string of the molecule is CCc1cc2[nH]c(C=Cc3ccccc3)nc2c2ccccc12. The maximum absolute atomic E-state index is 4.79. The second-order valence-electron chi connectivity index (χ2n) is 5.70. The molecule has 1 heterocycles. The van der Waals surface area contributed by atoms with Gasteiger partial charge in [0.1, 0.15) is 5.82 Å². The molecule has 0 aliphatic rings. The van der Waals surface area contributed by atoms with E-state index in [9.17, 15) is 0 Å². The normalized spacial score (nSPS) is 11.7. The van der Waals surface area contributed by atoms with Crippen LogP contribution in [0.5, 0.6) is 0 Å². The molecule has 4 rings (SSSR count). The van der Waals surface area contributed by atoms with Crippen molar-refractivity contribution in [1.82, 2.24) is 9.97 Å². The first kappa shape index (κ1) is 13.8. The summed E-state index contributed by atoms with van der Waals surface area (Å²) >= 11 is 0. The molecule has 3 aromatic carbocycles. The first-order valence-corrected chi connectivity index (χ1v) is 7.98. The van der Waals surface area contributed by atoms with E-state index in [0.29, 0.717) is 0 Å². The number of hydrogen-bond donors (Lipinski definition) is 1. The van der Waals surface area contributed by atoms with E-state index in [2.05, 4.69) is 60.4 Å². The van der Waals surface area contributed by atoms with E-state index in [4.69, 9.17) is 4.98 Å². The van der Waals surface area contributed by atoms with Crippen LogP contribution in [0.2, 0.25) is 0 Å². The van der Waals surface area contributed by atoms with Crippen molar-refractivity contribution in [1.29, 1.82) is 0 Å². The third kappa shape index (κ3) is 2.53. The van der Waals surface area contributed by atoms with E-state index in [-0.39, 0.29) is 0 Å². The van der Waals surface area contributed by atoms with Crippen LogP contribution < -0.4 is 0 Å². The van der Waals surface area contributed by atoms with Crippen LogP contribution in [0.1, 0.15) is 23.9 Å². The number of benzene rings is 3. The monoisotopic (exact) mass is 298 g/mol. The number of H-pyrrole nitrogens is 1. The van der Waals surface area contributed by atoms with E-state index < -0.39 is 0 Å². The van der Waals surface area contributed by atoms with Crippen LogP contribution >= 0.6 is 0 Å². The van der Waals surface area contributed by atoms with Crippen molar-refractivity contribution >= 4 is 34.0 Å². The molecule has 0 aliphatic heterocycles. The first-order valence-electron chi connectivity index (χ1n) is 7.98. The second kappa shape index (κ2) is 5.73. The fourth-order valence-corrected chi connectivity index (χ4v) is 3.05. The zero-order valence-electron chi connectivity index (χ0n) is 13.1. The van der Waals surface area contributed by atoms with E-state index in [1.807, 2.05) is 24.3 Å². The van der Waals surface area contributed by atoms with Gasteiger partial charge in [-0.15, -0.1) is 0 Å². The maximum atomic E-state index is 4.79. The average Bonchev–Trinajstić information content (AvgIpc) is 3.03. The lowest BCUT2D eigenvalue weighted by molar-refractivity contribution is 1.16. The summed E-state index contributed by atoms with van der Waals surface area (Å²) in [4.78, 5) is 8.22. The van der Waals surface area contributed by atoms with E-state index >= 15 is 0 Å². The van der Waals surface area contributed by atoms with Crippen molar-refractivity contribution in [2.75, 3.05) is 0 Å². The number of nitrogens with zero attached hydrogens (tertiary/aromatic N) is 1. The number of nitrogens with one attached hydrogen (secondary N) is 1. The minimum atomic E-state index is 0.891. The Morgan fingerprint density at radius 2 is 1.65 bits per heavy atom. The third-order valence-electron chi connectivity index (χ3n) is 4.21. The Balaban J connectivity index is 1.85. The number of hydrogen-bond acceptors (Lipinski definition) is 1. The Hall–Kier alpha value is -2.87. The molecule has 0 bridgehead atoms. The quantitative estimate of drug-likeness (QED) is 0.535. The molecule has 112 valence electrons. The Morgan fingerprint density at radius 1 is 0.913 bits per heavy atom. The van der Waals surface area contributed by atoms with Gasteiger partial charge in [0.05, 0.1) is 11.0 Å². The maximum Gasteiger partial charge on any atom is 0.131 e. The third-order valence-corrected chi connectivity index (χ3v) is 4.21. The number of aromatic amines is 1. The predicted molar refractivity (Wildman–Crippen MR) is 98.3 cm³/mol. The van der Waals surface area contributed by atoms with Gasteiger partial charge in [-0.25, -0.2) is 4.98 Å². The summed E-state index contributed by atoms with van der Waals surface area (Å²) in [6.45, 7) is 2.19. The van der Waals surface area contributed by atoms with E-state index in [0.717, 1.165) is 23.3 Å².